The molecule has 0 saturated carbocycles. The van der Waals surface area contributed by atoms with Gasteiger partial charge in [-0.3, -0.25) is 0 Å². The minimum atomic E-state index is -0.719. The summed E-state index contributed by atoms with van der Waals surface area (Å²) in [7, 11) is 0. The van der Waals surface area contributed by atoms with Crippen molar-refractivity contribution in [2.75, 3.05) is 6.54 Å². The van der Waals surface area contributed by atoms with Gasteiger partial charge < -0.3 is 10.1 Å². The van der Waals surface area contributed by atoms with E-state index in [1.54, 1.807) is 20.8 Å². The van der Waals surface area contributed by atoms with Gasteiger partial charge in [0.25, 0.3) is 0 Å². The Balaban J connectivity index is 2.36. The van der Waals surface area contributed by atoms with Crippen LogP contribution in [0.2, 0.25) is 5.02 Å². The number of carbonyl (C=O) groups excluding carboxylic acids is 1. The van der Waals surface area contributed by atoms with Crippen LogP contribution in [0.5, 0.6) is 0 Å². The Morgan fingerprint density at radius 3 is 2.85 bits per heavy atom. The second-order valence-electron chi connectivity index (χ2n) is 4.98. The number of carbonyl (C=O) groups is 1. The standard InChI is InChI=1S/C14H16ClFN2O2/c1-14(2,3)20-13(19)17-7-5-4-6-10-8-11(15)12(16)18-9-10/h8-9H,5,7H2,1-3H3,(H,17,19). The van der Waals surface area contributed by atoms with Crippen molar-refractivity contribution in [1.29, 1.82) is 0 Å². The first-order valence-corrected chi connectivity index (χ1v) is 6.42. The largest absolute Gasteiger partial charge is 0.444 e. The lowest BCUT2D eigenvalue weighted by molar-refractivity contribution is 0.0529. The number of aromatic nitrogens is 1. The Hall–Kier alpha value is -1.80. The molecule has 0 saturated heterocycles. The normalized spacial score (nSPS) is 10.4. The summed E-state index contributed by atoms with van der Waals surface area (Å²) in [4.78, 5) is 14.8. The predicted molar refractivity (Wildman–Crippen MR) is 74.9 cm³/mol. The molecule has 20 heavy (non-hydrogen) atoms. The molecule has 4 nitrogen and oxygen atoms in total. The molecule has 0 bridgehead atoms. The highest BCUT2D eigenvalue weighted by atomic mass is 35.5. The number of amides is 1. The Morgan fingerprint density at radius 1 is 1.55 bits per heavy atom. The number of pyridine rings is 1. The lowest BCUT2D eigenvalue weighted by atomic mass is 10.2. The summed E-state index contributed by atoms with van der Waals surface area (Å²) in [5.74, 6) is 4.89. The van der Waals surface area contributed by atoms with Gasteiger partial charge in [-0.25, -0.2) is 9.78 Å². The monoisotopic (exact) mass is 298 g/mol. The maximum absolute atomic E-state index is 12.8. The van der Waals surface area contributed by atoms with Gasteiger partial charge in [0.1, 0.15) is 5.60 Å². The Bertz CT molecular complexity index is 544. The molecule has 0 aliphatic rings. The number of hydrogen-bond acceptors (Lipinski definition) is 3. The number of nitrogens with one attached hydrogen (secondary N) is 1. The second-order valence-corrected chi connectivity index (χ2v) is 5.38. The molecular weight excluding hydrogens is 283 g/mol. The van der Waals surface area contributed by atoms with E-state index in [0.29, 0.717) is 18.5 Å². The van der Waals surface area contributed by atoms with E-state index in [1.807, 2.05) is 0 Å². The van der Waals surface area contributed by atoms with E-state index in [4.69, 9.17) is 16.3 Å². The van der Waals surface area contributed by atoms with Crippen LogP contribution in [0.4, 0.5) is 9.18 Å². The van der Waals surface area contributed by atoms with Crippen LogP contribution in [0.3, 0.4) is 0 Å². The number of ether oxygens (including phenoxy) is 1. The SMILES string of the molecule is CC(C)(C)OC(=O)NCCC#Cc1cnc(F)c(Cl)c1. The molecule has 1 aromatic heterocycles. The number of alkyl carbamates (subject to hydrolysis) is 1. The zero-order chi connectivity index (χ0) is 15.2. The third-order valence-corrected chi connectivity index (χ3v) is 2.21. The smallest absolute Gasteiger partial charge is 0.407 e. The molecule has 108 valence electrons. The first-order valence-electron chi connectivity index (χ1n) is 6.05. The topological polar surface area (TPSA) is 51.2 Å². The van der Waals surface area contributed by atoms with E-state index in [-0.39, 0.29) is 5.02 Å². The molecule has 0 aliphatic heterocycles. The van der Waals surface area contributed by atoms with Crippen molar-refractivity contribution < 1.29 is 13.9 Å². The van der Waals surface area contributed by atoms with Crippen LogP contribution >= 0.6 is 11.6 Å². The van der Waals surface area contributed by atoms with E-state index >= 15 is 0 Å². The van der Waals surface area contributed by atoms with Gasteiger partial charge in [0.05, 0.1) is 5.02 Å². The minimum absolute atomic E-state index is 0.0660. The van der Waals surface area contributed by atoms with E-state index < -0.39 is 17.6 Å². The Kier molecular flexibility index (Phi) is 5.78. The number of hydrogen-bond donors (Lipinski definition) is 1. The van der Waals surface area contributed by atoms with Crippen molar-refractivity contribution in [1.82, 2.24) is 10.3 Å². The van der Waals surface area contributed by atoms with Gasteiger partial charge in [0.2, 0.25) is 5.95 Å². The molecule has 0 radical (unpaired) electrons. The minimum Gasteiger partial charge on any atom is -0.444 e. The molecule has 0 unspecified atom stereocenters. The van der Waals surface area contributed by atoms with Crippen molar-refractivity contribution in [3.05, 3.63) is 28.8 Å². The molecule has 0 aromatic carbocycles. The first-order chi connectivity index (χ1) is 9.28. The fraction of sp³-hybridized carbons (Fsp3) is 0.429. The summed E-state index contributed by atoms with van der Waals surface area (Å²) in [6.07, 6.45) is 1.26. The molecule has 0 aliphatic carbocycles. The van der Waals surface area contributed by atoms with Gasteiger partial charge in [-0.05, 0) is 26.8 Å². The number of nitrogens with zero attached hydrogens (tertiary/aromatic N) is 1. The summed E-state index contributed by atoms with van der Waals surface area (Å²) < 4.78 is 17.9. The Labute approximate surface area is 122 Å². The zero-order valence-corrected chi connectivity index (χ0v) is 12.3. The molecule has 1 amide bonds. The van der Waals surface area contributed by atoms with Crippen LogP contribution < -0.4 is 5.32 Å². The van der Waals surface area contributed by atoms with Crippen LogP contribution in [-0.2, 0) is 4.74 Å². The molecule has 1 heterocycles. The van der Waals surface area contributed by atoms with Gasteiger partial charge in [-0.1, -0.05) is 23.4 Å². The number of halogens is 2. The summed E-state index contributed by atoms with van der Waals surface area (Å²) in [5.41, 5.74) is 0.000379. The van der Waals surface area contributed by atoms with Crippen molar-refractivity contribution in [2.45, 2.75) is 32.8 Å². The maximum atomic E-state index is 12.8. The lowest BCUT2D eigenvalue weighted by Crippen LogP contribution is -2.32. The maximum Gasteiger partial charge on any atom is 0.407 e. The third-order valence-electron chi connectivity index (χ3n) is 1.95. The highest BCUT2D eigenvalue weighted by Crippen LogP contribution is 2.12. The first kappa shape index (κ1) is 16.3. The van der Waals surface area contributed by atoms with Crippen molar-refractivity contribution in [3.63, 3.8) is 0 Å². The number of rotatable bonds is 2. The predicted octanol–water partition coefficient (Wildman–Crippen LogP) is 3.14. The molecule has 0 spiro atoms. The zero-order valence-electron chi connectivity index (χ0n) is 11.6. The summed E-state index contributed by atoms with van der Waals surface area (Å²) >= 11 is 5.58. The Morgan fingerprint density at radius 2 is 2.25 bits per heavy atom. The van der Waals surface area contributed by atoms with E-state index in [1.165, 1.54) is 12.3 Å². The summed E-state index contributed by atoms with van der Waals surface area (Å²) in [6.45, 7) is 5.73. The highest BCUT2D eigenvalue weighted by molar-refractivity contribution is 6.30. The molecule has 1 aromatic rings. The lowest BCUT2D eigenvalue weighted by Gasteiger charge is -2.19. The summed E-state index contributed by atoms with van der Waals surface area (Å²) in [6, 6.07) is 1.40. The van der Waals surface area contributed by atoms with E-state index in [9.17, 15) is 9.18 Å². The van der Waals surface area contributed by atoms with Gasteiger partial charge in [0, 0.05) is 24.7 Å². The molecule has 0 atom stereocenters. The van der Waals surface area contributed by atoms with Crippen molar-refractivity contribution in [3.8, 4) is 11.8 Å². The van der Waals surface area contributed by atoms with Gasteiger partial charge in [0.15, 0.2) is 0 Å². The molecule has 6 heteroatoms. The van der Waals surface area contributed by atoms with Gasteiger partial charge in [-0.15, -0.1) is 0 Å². The highest BCUT2D eigenvalue weighted by Gasteiger charge is 2.15. The van der Waals surface area contributed by atoms with Crippen LogP contribution in [-0.4, -0.2) is 23.2 Å². The average Bonchev–Trinajstić information content (AvgIpc) is 2.31. The fourth-order valence-electron chi connectivity index (χ4n) is 1.20. The van der Waals surface area contributed by atoms with Crippen LogP contribution in [0.25, 0.3) is 0 Å². The van der Waals surface area contributed by atoms with Gasteiger partial charge in [-0.2, -0.15) is 4.39 Å². The average molecular weight is 299 g/mol. The van der Waals surface area contributed by atoms with Crippen molar-refractivity contribution >= 4 is 17.7 Å². The van der Waals surface area contributed by atoms with Crippen LogP contribution in [0.15, 0.2) is 12.3 Å². The quantitative estimate of drug-likeness (QED) is 0.518. The van der Waals surface area contributed by atoms with Crippen molar-refractivity contribution in [2.24, 2.45) is 0 Å². The van der Waals surface area contributed by atoms with E-state index in [0.717, 1.165) is 0 Å². The van der Waals surface area contributed by atoms with E-state index in [2.05, 4.69) is 22.1 Å². The summed E-state index contributed by atoms with van der Waals surface area (Å²) in [5, 5.41) is 2.51. The fourth-order valence-corrected chi connectivity index (χ4v) is 1.36. The molecule has 0 fully saturated rings. The van der Waals surface area contributed by atoms with Gasteiger partial charge >= 0.3 is 6.09 Å². The second kappa shape index (κ2) is 7.11. The van der Waals surface area contributed by atoms with Crippen LogP contribution in [0, 0.1) is 17.8 Å². The molecular formula is C14H16ClFN2O2. The molecule has 1 rings (SSSR count). The van der Waals surface area contributed by atoms with Crippen LogP contribution in [0.1, 0.15) is 32.8 Å². The molecule has 1 N–H and O–H groups in total. The third kappa shape index (κ3) is 6.39.